The maximum atomic E-state index is 9.04. The normalized spacial score (nSPS) is 11.2. The fraction of sp³-hybridized carbons (Fsp3) is 0.467. The fourth-order valence-electron chi connectivity index (χ4n) is 1.50. The van der Waals surface area contributed by atoms with Crippen LogP contribution in [0.3, 0.4) is 0 Å². The predicted octanol–water partition coefficient (Wildman–Crippen LogP) is 2.06. The number of rotatable bonds is 4. The molecule has 2 nitrogen and oxygen atoms in total. The second kappa shape index (κ2) is 6.74. The Hall–Kier alpha value is -1.08. The highest BCUT2D eigenvalue weighted by molar-refractivity contribution is 6.83. The summed E-state index contributed by atoms with van der Waals surface area (Å²) in [6, 6.07) is 8.06. The molecule has 0 unspecified atom stereocenters. The average molecular weight is 262 g/mol. The summed E-state index contributed by atoms with van der Waals surface area (Å²) in [6.07, 6.45) is 0.703. The van der Waals surface area contributed by atoms with E-state index in [-0.39, 0.29) is 19.1 Å². The zero-order valence-corrected chi connectivity index (χ0v) is 12.4. The van der Waals surface area contributed by atoms with Gasteiger partial charge in [-0.15, -0.1) is 5.54 Å². The van der Waals surface area contributed by atoms with Crippen LogP contribution >= 0.6 is 0 Å². The molecule has 0 saturated heterocycles. The van der Waals surface area contributed by atoms with E-state index >= 15 is 0 Å². The Morgan fingerprint density at radius 2 is 1.61 bits per heavy atom. The van der Waals surface area contributed by atoms with Crippen LogP contribution in [0, 0.1) is 17.4 Å². The topological polar surface area (TPSA) is 40.5 Å². The van der Waals surface area contributed by atoms with Gasteiger partial charge >= 0.3 is 0 Å². The van der Waals surface area contributed by atoms with Crippen molar-refractivity contribution in [1.82, 2.24) is 0 Å². The standard InChI is InChI=1S/C15H22O2Si/c1-18(2,3)9-8-13-4-6-14(7-5-13)10-15(11-16)12-17/h4-7,15-17H,10-12H2,1-3H3. The highest BCUT2D eigenvalue weighted by atomic mass is 28.3. The second-order valence-electron chi connectivity index (χ2n) is 5.63. The van der Waals surface area contributed by atoms with Crippen molar-refractivity contribution in [1.29, 1.82) is 0 Å². The summed E-state index contributed by atoms with van der Waals surface area (Å²) < 4.78 is 0. The van der Waals surface area contributed by atoms with Crippen LogP contribution in [-0.2, 0) is 6.42 Å². The van der Waals surface area contributed by atoms with Crippen molar-refractivity contribution in [2.75, 3.05) is 13.2 Å². The highest BCUT2D eigenvalue weighted by Gasteiger charge is 2.08. The third-order valence-corrected chi connectivity index (χ3v) is 3.45. The molecule has 1 rings (SSSR count). The van der Waals surface area contributed by atoms with Crippen LogP contribution in [0.4, 0.5) is 0 Å². The third-order valence-electron chi connectivity index (χ3n) is 2.58. The first-order valence-electron chi connectivity index (χ1n) is 6.28. The minimum absolute atomic E-state index is 0.0215. The molecule has 0 heterocycles. The van der Waals surface area contributed by atoms with Crippen LogP contribution < -0.4 is 0 Å². The number of hydrogen-bond donors (Lipinski definition) is 2. The quantitative estimate of drug-likeness (QED) is 0.644. The van der Waals surface area contributed by atoms with E-state index in [0.717, 1.165) is 11.1 Å². The van der Waals surface area contributed by atoms with Gasteiger partial charge in [0.05, 0.1) is 0 Å². The summed E-state index contributed by atoms with van der Waals surface area (Å²) in [6.45, 7) is 6.71. The smallest absolute Gasteiger partial charge is 0.129 e. The van der Waals surface area contributed by atoms with Crippen molar-refractivity contribution in [3.63, 3.8) is 0 Å². The van der Waals surface area contributed by atoms with Gasteiger partial charge in [-0.2, -0.15) is 0 Å². The van der Waals surface area contributed by atoms with Gasteiger partial charge in [0, 0.05) is 24.7 Å². The van der Waals surface area contributed by atoms with Crippen molar-refractivity contribution in [2.24, 2.45) is 5.92 Å². The third kappa shape index (κ3) is 5.50. The Bertz CT molecular complexity index is 417. The molecule has 0 aliphatic rings. The molecular formula is C15H22O2Si. The molecule has 0 aliphatic carbocycles. The van der Waals surface area contributed by atoms with Crippen molar-refractivity contribution in [3.05, 3.63) is 35.4 Å². The largest absolute Gasteiger partial charge is 0.396 e. The van der Waals surface area contributed by atoms with Crippen molar-refractivity contribution >= 4 is 8.07 Å². The molecule has 98 valence electrons. The van der Waals surface area contributed by atoms with Crippen LogP contribution in [0.1, 0.15) is 11.1 Å². The average Bonchev–Trinajstić information content (AvgIpc) is 2.34. The second-order valence-corrected chi connectivity index (χ2v) is 10.4. The Morgan fingerprint density at radius 1 is 1.06 bits per heavy atom. The minimum Gasteiger partial charge on any atom is -0.396 e. The predicted molar refractivity (Wildman–Crippen MR) is 78.0 cm³/mol. The van der Waals surface area contributed by atoms with E-state index in [1.165, 1.54) is 0 Å². The van der Waals surface area contributed by atoms with Gasteiger partial charge in [0.15, 0.2) is 0 Å². The first-order valence-corrected chi connectivity index (χ1v) is 9.78. The van der Waals surface area contributed by atoms with E-state index in [0.29, 0.717) is 6.42 Å². The van der Waals surface area contributed by atoms with Gasteiger partial charge in [-0.25, -0.2) is 0 Å². The Kier molecular flexibility index (Phi) is 5.61. The lowest BCUT2D eigenvalue weighted by molar-refractivity contribution is 0.150. The molecule has 1 aromatic carbocycles. The van der Waals surface area contributed by atoms with Gasteiger partial charge in [-0.05, 0) is 24.1 Å². The maximum Gasteiger partial charge on any atom is 0.129 e. The molecule has 1 aromatic rings. The number of aliphatic hydroxyl groups is 2. The summed E-state index contributed by atoms with van der Waals surface area (Å²) in [5, 5.41) is 18.1. The highest BCUT2D eigenvalue weighted by Crippen LogP contribution is 2.10. The molecule has 18 heavy (non-hydrogen) atoms. The van der Waals surface area contributed by atoms with Gasteiger partial charge in [-0.1, -0.05) is 37.7 Å². The molecule has 0 bridgehead atoms. The van der Waals surface area contributed by atoms with Gasteiger partial charge in [-0.3, -0.25) is 0 Å². The summed E-state index contributed by atoms with van der Waals surface area (Å²) in [5.41, 5.74) is 5.49. The molecule has 2 N–H and O–H groups in total. The van der Waals surface area contributed by atoms with E-state index in [2.05, 4.69) is 31.1 Å². The van der Waals surface area contributed by atoms with Crippen LogP contribution in [0.2, 0.25) is 19.6 Å². The fourth-order valence-corrected chi connectivity index (χ4v) is 2.02. The first-order chi connectivity index (χ1) is 8.44. The van der Waals surface area contributed by atoms with E-state index < -0.39 is 8.07 Å². The summed E-state index contributed by atoms with van der Waals surface area (Å²) in [5.74, 6) is 3.14. The summed E-state index contributed by atoms with van der Waals surface area (Å²) >= 11 is 0. The first kappa shape index (κ1) is 15.0. The van der Waals surface area contributed by atoms with E-state index in [1.807, 2.05) is 24.3 Å². The SMILES string of the molecule is C[Si](C)(C)C#Cc1ccc(CC(CO)CO)cc1. The van der Waals surface area contributed by atoms with E-state index in [4.69, 9.17) is 10.2 Å². The maximum absolute atomic E-state index is 9.04. The van der Waals surface area contributed by atoms with Crippen LogP contribution in [0.15, 0.2) is 24.3 Å². The van der Waals surface area contributed by atoms with Crippen LogP contribution in [-0.4, -0.2) is 31.5 Å². The van der Waals surface area contributed by atoms with Gasteiger partial charge in [0.1, 0.15) is 8.07 Å². The zero-order chi connectivity index (χ0) is 13.6. The van der Waals surface area contributed by atoms with E-state index in [1.54, 1.807) is 0 Å². The van der Waals surface area contributed by atoms with Gasteiger partial charge < -0.3 is 10.2 Å². The molecular weight excluding hydrogens is 240 g/mol. The molecule has 0 spiro atoms. The molecule has 0 saturated carbocycles. The molecule has 0 amide bonds. The van der Waals surface area contributed by atoms with Crippen molar-refractivity contribution in [3.8, 4) is 11.5 Å². The van der Waals surface area contributed by atoms with E-state index in [9.17, 15) is 0 Å². The number of hydrogen-bond acceptors (Lipinski definition) is 2. The summed E-state index contributed by atoms with van der Waals surface area (Å²) in [4.78, 5) is 0. The van der Waals surface area contributed by atoms with Crippen molar-refractivity contribution < 1.29 is 10.2 Å². The Morgan fingerprint density at radius 3 is 2.06 bits per heavy atom. The molecule has 0 fully saturated rings. The number of benzene rings is 1. The van der Waals surface area contributed by atoms with Crippen LogP contribution in [0.5, 0.6) is 0 Å². The lowest BCUT2D eigenvalue weighted by atomic mass is 10.00. The van der Waals surface area contributed by atoms with Gasteiger partial charge in [0.2, 0.25) is 0 Å². The number of aliphatic hydroxyl groups excluding tert-OH is 2. The lowest BCUT2D eigenvalue weighted by Gasteiger charge is -2.10. The molecule has 0 atom stereocenters. The molecule has 0 radical (unpaired) electrons. The Balaban J connectivity index is 2.70. The lowest BCUT2D eigenvalue weighted by Crippen LogP contribution is -2.16. The minimum atomic E-state index is -1.32. The zero-order valence-electron chi connectivity index (χ0n) is 11.4. The molecule has 0 aromatic heterocycles. The van der Waals surface area contributed by atoms with Crippen LogP contribution in [0.25, 0.3) is 0 Å². The molecule has 3 heteroatoms. The summed E-state index contributed by atoms with van der Waals surface area (Å²) in [7, 11) is -1.32. The van der Waals surface area contributed by atoms with Crippen molar-refractivity contribution in [2.45, 2.75) is 26.1 Å². The Labute approximate surface area is 111 Å². The van der Waals surface area contributed by atoms with Gasteiger partial charge in [0.25, 0.3) is 0 Å². The monoisotopic (exact) mass is 262 g/mol. The molecule has 0 aliphatic heterocycles.